The average Bonchev–Trinajstić information content (AvgIpc) is 2.66. The second-order valence-electron chi connectivity index (χ2n) is 5.35. The molecule has 2 aromatic carbocycles. The van der Waals surface area contributed by atoms with Gasteiger partial charge in [0, 0.05) is 5.69 Å². The van der Waals surface area contributed by atoms with Gasteiger partial charge in [-0.15, -0.1) is 0 Å². The number of imide groups is 1. The number of methoxy groups -OCH3 is 1. The van der Waals surface area contributed by atoms with Crippen LogP contribution in [0.3, 0.4) is 0 Å². The Balaban J connectivity index is 1.88. The summed E-state index contributed by atoms with van der Waals surface area (Å²) in [5, 5.41) is 4.25. The van der Waals surface area contributed by atoms with Crippen molar-refractivity contribution in [2.24, 2.45) is 0 Å². The van der Waals surface area contributed by atoms with E-state index in [4.69, 9.17) is 4.74 Å². The van der Waals surface area contributed by atoms with Crippen molar-refractivity contribution in [3.05, 3.63) is 59.7 Å². The fraction of sp³-hybridized carbons (Fsp3) is 0.167. The molecule has 0 aromatic heterocycles. The fourth-order valence-electron chi connectivity index (χ4n) is 2.12. The molecule has 0 heterocycles. The van der Waals surface area contributed by atoms with Crippen molar-refractivity contribution < 1.29 is 37.0 Å². The monoisotopic (exact) mass is 396 g/mol. The highest BCUT2D eigenvalue weighted by Crippen LogP contribution is 2.32. The van der Waals surface area contributed by atoms with Crippen LogP contribution in [0, 0.1) is 0 Å². The number of halogens is 3. The summed E-state index contributed by atoms with van der Waals surface area (Å²) in [5.74, 6) is -1.78. The molecule has 2 aromatic rings. The van der Waals surface area contributed by atoms with Crippen LogP contribution in [0.1, 0.15) is 15.9 Å². The lowest BCUT2D eigenvalue weighted by atomic mass is 10.1. The zero-order valence-corrected chi connectivity index (χ0v) is 14.5. The number of hydrogen-bond acceptors (Lipinski definition) is 5. The second kappa shape index (κ2) is 8.89. The smallest absolute Gasteiger partial charge is 0.417 e. The van der Waals surface area contributed by atoms with Crippen molar-refractivity contribution in [2.75, 3.05) is 19.0 Å². The van der Waals surface area contributed by atoms with E-state index in [1.807, 2.05) is 5.32 Å². The van der Waals surface area contributed by atoms with Gasteiger partial charge in [0.15, 0.2) is 6.61 Å². The third kappa shape index (κ3) is 5.73. The fourth-order valence-corrected chi connectivity index (χ4v) is 2.12. The normalized spacial score (nSPS) is 10.7. The highest BCUT2D eigenvalue weighted by molar-refractivity contribution is 6.02. The summed E-state index contributed by atoms with van der Waals surface area (Å²) in [6.07, 6.45) is -4.75. The van der Waals surface area contributed by atoms with Crippen molar-refractivity contribution in [3.63, 3.8) is 0 Å². The number of carbonyl (C=O) groups is 3. The number of ether oxygens (including phenoxy) is 2. The van der Waals surface area contributed by atoms with E-state index >= 15 is 0 Å². The first-order chi connectivity index (χ1) is 13.2. The Morgan fingerprint density at radius 3 is 2.25 bits per heavy atom. The van der Waals surface area contributed by atoms with E-state index in [9.17, 15) is 27.6 Å². The maximum Gasteiger partial charge on any atom is 0.417 e. The van der Waals surface area contributed by atoms with Gasteiger partial charge in [0.05, 0.1) is 18.2 Å². The summed E-state index contributed by atoms with van der Waals surface area (Å²) in [5.41, 5.74) is -1.55. The topological polar surface area (TPSA) is 93.7 Å². The van der Waals surface area contributed by atoms with Crippen LogP contribution in [0.2, 0.25) is 0 Å². The van der Waals surface area contributed by atoms with E-state index in [2.05, 4.69) is 10.1 Å². The number of rotatable bonds is 5. The Bertz CT molecular complexity index is 866. The number of urea groups is 1. The third-order valence-corrected chi connectivity index (χ3v) is 3.39. The van der Waals surface area contributed by atoms with Gasteiger partial charge in [0.1, 0.15) is 5.75 Å². The SMILES string of the molecule is COc1ccc(NC(=O)NC(=O)COC(=O)c2ccccc2C(F)(F)F)cc1. The van der Waals surface area contributed by atoms with Crippen LogP contribution in [0.25, 0.3) is 0 Å². The molecule has 148 valence electrons. The second-order valence-corrected chi connectivity index (χ2v) is 5.35. The first kappa shape index (κ1) is 20.7. The Morgan fingerprint density at radius 2 is 1.64 bits per heavy atom. The number of hydrogen-bond donors (Lipinski definition) is 2. The molecule has 0 saturated carbocycles. The predicted octanol–water partition coefficient (Wildman–Crippen LogP) is 3.22. The van der Waals surface area contributed by atoms with Crippen molar-refractivity contribution in [1.82, 2.24) is 5.32 Å². The lowest BCUT2D eigenvalue weighted by Gasteiger charge is -2.12. The van der Waals surface area contributed by atoms with E-state index in [0.717, 1.165) is 18.2 Å². The lowest BCUT2D eigenvalue weighted by molar-refractivity contribution is -0.138. The van der Waals surface area contributed by atoms with Crippen LogP contribution >= 0.6 is 0 Å². The molecular weight excluding hydrogens is 381 g/mol. The van der Waals surface area contributed by atoms with Crippen LogP contribution < -0.4 is 15.4 Å². The number of amides is 3. The highest BCUT2D eigenvalue weighted by Gasteiger charge is 2.35. The Labute approximate surface area is 157 Å². The zero-order valence-electron chi connectivity index (χ0n) is 14.5. The van der Waals surface area contributed by atoms with Crippen molar-refractivity contribution >= 4 is 23.6 Å². The summed E-state index contributed by atoms with van der Waals surface area (Å²) in [6.45, 7) is -0.930. The van der Waals surface area contributed by atoms with E-state index in [1.54, 1.807) is 12.1 Å². The molecule has 0 fully saturated rings. The van der Waals surface area contributed by atoms with E-state index < -0.39 is 41.8 Å². The van der Waals surface area contributed by atoms with E-state index in [0.29, 0.717) is 11.4 Å². The number of benzene rings is 2. The number of nitrogens with one attached hydrogen (secondary N) is 2. The van der Waals surface area contributed by atoms with Gasteiger partial charge in [-0.1, -0.05) is 12.1 Å². The molecule has 0 radical (unpaired) electrons. The number of anilines is 1. The van der Waals surface area contributed by atoms with Crippen LogP contribution in [0.15, 0.2) is 48.5 Å². The molecule has 28 heavy (non-hydrogen) atoms. The van der Waals surface area contributed by atoms with E-state index in [1.165, 1.54) is 25.3 Å². The average molecular weight is 396 g/mol. The largest absolute Gasteiger partial charge is 0.497 e. The van der Waals surface area contributed by atoms with Gasteiger partial charge < -0.3 is 14.8 Å². The van der Waals surface area contributed by atoms with Gasteiger partial charge in [-0.3, -0.25) is 10.1 Å². The van der Waals surface area contributed by atoms with Gasteiger partial charge in [-0.2, -0.15) is 13.2 Å². The number of esters is 1. The number of alkyl halides is 3. The van der Waals surface area contributed by atoms with E-state index in [-0.39, 0.29) is 0 Å². The molecule has 10 heteroatoms. The summed E-state index contributed by atoms with van der Waals surface area (Å²) >= 11 is 0. The molecule has 0 aliphatic rings. The number of carbonyl (C=O) groups excluding carboxylic acids is 3. The molecule has 0 aliphatic heterocycles. The first-order valence-corrected chi connectivity index (χ1v) is 7.79. The molecule has 0 aliphatic carbocycles. The minimum atomic E-state index is -4.75. The first-order valence-electron chi connectivity index (χ1n) is 7.79. The standard InChI is InChI=1S/C18H15F3N2O5/c1-27-12-8-6-11(7-9-12)22-17(26)23-15(24)10-28-16(25)13-4-2-3-5-14(13)18(19,20)21/h2-9H,10H2,1H3,(H2,22,23,24,26). The molecule has 7 nitrogen and oxygen atoms in total. The van der Waals surface area contributed by atoms with Crippen LogP contribution in [0.5, 0.6) is 5.75 Å². The summed E-state index contributed by atoms with van der Waals surface area (Å²) < 4.78 is 48.2. The molecule has 2 N–H and O–H groups in total. The minimum Gasteiger partial charge on any atom is -0.497 e. The van der Waals surface area contributed by atoms with Gasteiger partial charge in [0.25, 0.3) is 5.91 Å². The molecule has 0 atom stereocenters. The molecule has 3 amide bonds. The summed E-state index contributed by atoms with van der Waals surface area (Å²) in [6, 6.07) is 9.31. The molecular formula is C18H15F3N2O5. The van der Waals surface area contributed by atoms with Crippen LogP contribution in [0.4, 0.5) is 23.7 Å². The lowest BCUT2D eigenvalue weighted by Crippen LogP contribution is -2.37. The van der Waals surface area contributed by atoms with Crippen LogP contribution in [-0.2, 0) is 15.7 Å². The molecule has 0 spiro atoms. The van der Waals surface area contributed by atoms with Gasteiger partial charge >= 0.3 is 18.2 Å². The molecule has 0 unspecified atom stereocenters. The quantitative estimate of drug-likeness (QED) is 0.757. The maximum atomic E-state index is 12.9. The third-order valence-electron chi connectivity index (χ3n) is 3.39. The van der Waals surface area contributed by atoms with Gasteiger partial charge in [0.2, 0.25) is 0 Å². The minimum absolute atomic E-state index is 0.363. The molecule has 2 rings (SSSR count). The van der Waals surface area contributed by atoms with Gasteiger partial charge in [-0.25, -0.2) is 9.59 Å². The summed E-state index contributed by atoms with van der Waals surface area (Å²) in [4.78, 5) is 35.2. The van der Waals surface area contributed by atoms with Crippen molar-refractivity contribution in [2.45, 2.75) is 6.18 Å². The van der Waals surface area contributed by atoms with Crippen molar-refractivity contribution in [3.8, 4) is 5.75 Å². The Hall–Kier alpha value is -3.56. The zero-order chi connectivity index (χ0) is 20.7. The Kier molecular flexibility index (Phi) is 6.59. The summed E-state index contributed by atoms with van der Waals surface area (Å²) in [7, 11) is 1.47. The molecule has 0 saturated heterocycles. The molecule has 0 bridgehead atoms. The predicted molar refractivity (Wildman–Crippen MR) is 91.9 cm³/mol. The van der Waals surface area contributed by atoms with Crippen LogP contribution in [-0.4, -0.2) is 31.6 Å². The maximum absolute atomic E-state index is 12.9. The van der Waals surface area contributed by atoms with Crippen molar-refractivity contribution in [1.29, 1.82) is 0 Å². The highest BCUT2D eigenvalue weighted by atomic mass is 19.4. The Morgan fingerprint density at radius 1 is 1.00 bits per heavy atom. The van der Waals surface area contributed by atoms with Gasteiger partial charge in [-0.05, 0) is 36.4 Å².